The standard InChI is InChI=1S/C29H33N3O6/c1-31(2)21-11-8-18(9-12-21)23-17-22(19-10-13-24(34-3)25(14-19)35-4)30-32(23)29(33)20-15-26(36-5)28(38-7)27(16-20)37-6/h8-16,23H,17H2,1-7H3. The van der Waals surface area contributed by atoms with E-state index >= 15 is 0 Å². The van der Waals surface area contributed by atoms with Gasteiger partial charge < -0.3 is 28.6 Å². The minimum absolute atomic E-state index is 0.290. The number of hydrogen-bond donors (Lipinski definition) is 0. The van der Waals surface area contributed by atoms with E-state index in [1.165, 1.54) is 26.3 Å². The predicted molar refractivity (Wildman–Crippen MR) is 146 cm³/mol. The first-order valence-corrected chi connectivity index (χ1v) is 12.1. The SMILES string of the molecule is COc1ccc(C2=NN(C(=O)c3cc(OC)c(OC)c(OC)c3)C(c3ccc(N(C)C)cc3)C2)cc1OC. The molecule has 1 amide bonds. The Morgan fingerprint density at radius 3 is 1.92 bits per heavy atom. The fraction of sp³-hybridized carbons (Fsp3) is 0.310. The van der Waals surface area contributed by atoms with E-state index in [1.54, 1.807) is 26.4 Å². The third kappa shape index (κ3) is 5.04. The fourth-order valence-corrected chi connectivity index (χ4v) is 4.48. The number of benzene rings is 3. The lowest BCUT2D eigenvalue weighted by molar-refractivity contribution is 0.0710. The first kappa shape index (κ1) is 26.7. The first-order valence-electron chi connectivity index (χ1n) is 12.1. The molecule has 1 heterocycles. The van der Waals surface area contributed by atoms with Crippen molar-refractivity contribution in [2.24, 2.45) is 5.10 Å². The van der Waals surface area contributed by atoms with Gasteiger partial charge >= 0.3 is 0 Å². The van der Waals surface area contributed by atoms with Crippen molar-refractivity contribution >= 4 is 17.3 Å². The predicted octanol–water partition coefficient (Wildman–Crippen LogP) is 4.79. The lowest BCUT2D eigenvalue weighted by atomic mass is 9.97. The molecule has 1 aliphatic heterocycles. The third-order valence-corrected chi connectivity index (χ3v) is 6.54. The van der Waals surface area contributed by atoms with Crippen LogP contribution in [0.25, 0.3) is 0 Å². The Hall–Kier alpha value is -4.40. The van der Waals surface area contributed by atoms with Gasteiger partial charge in [-0.3, -0.25) is 4.79 Å². The molecule has 0 aliphatic carbocycles. The monoisotopic (exact) mass is 519 g/mol. The summed E-state index contributed by atoms with van der Waals surface area (Å²) in [6.07, 6.45) is 0.521. The molecule has 38 heavy (non-hydrogen) atoms. The van der Waals surface area contributed by atoms with Crippen LogP contribution >= 0.6 is 0 Å². The summed E-state index contributed by atoms with van der Waals surface area (Å²) in [6, 6.07) is 16.7. The average molecular weight is 520 g/mol. The van der Waals surface area contributed by atoms with Crippen LogP contribution in [0.15, 0.2) is 59.7 Å². The van der Waals surface area contributed by atoms with Gasteiger partial charge in [0.1, 0.15) is 0 Å². The summed E-state index contributed by atoms with van der Waals surface area (Å²) in [5.74, 6) is 2.13. The van der Waals surface area contributed by atoms with Crippen LogP contribution in [0.1, 0.15) is 33.9 Å². The molecule has 0 spiro atoms. The highest BCUT2D eigenvalue weighted by Gasteiger charge is 2.35. The van der Waals surface area contributed by atoms with Crippen molar-refractivity contribution in [3.63, 3.8) is 0 Å². The van der Waals surface area contributed by atoms with E-state index in [4.69, 9.17) is 28.8 Å². The zero-order valence-corrected chi connectivity index (χ0v) is 22.8. The van der Waals surface area contributed by atoms with E-state index < -0.39 is 0 Å². The van der Waals surface area contributed by atoms with Crippen molar-refractivity contribution in [1.82, 2.24) is 5.01 Å². The van der Waals surface area contributed by atoms with Gasteiger partial charge in [-0.15, -0.1) is 0 Å². The lowest BCUT2D eigenvalue weighted by Gasteiger charge is -2.23. The molecule has 3 aromatic carbocycles. The first-order chi connectivity index (χ1) is 18.3. The van der Waals surface area contributed by atoms with Gasteiger partial charge in [0, 0.05) is 37.3 Å². The van der Waals surface area contributed by atoms with Gasteiger partial charge in [-0.2, -0.15) is 5.10 Å². The van der Waals surface area contributed by atoms with Gasteiger partial charge in [0.15, 0.2) is 23.0 Å². The van der Waals surface area contributed by atoms with Crippen LogP contribution in [0.2, 0.25) is 0 Å². The Morgan fingerprint density at radius 1 is 0.789 bits per heavy atom. The van der Waals surface area contributed by atoms with Crippen molar-refractivity contribution in [3.8, 4) is 28.7 Å². The van der Waals surface area contributed by atoms with Crippen LogP contribution in [0.5, 0.6) is 28.7 Å². The lowest BCUT2D eigenvalue weighted by Crippen LogP contribution is -2.27. The number of ether oxygens (including phenoxy) is 5. The maximum Gasteiger partial charge on any atom is 0.274 e. The molecule has 3 aromatic rings. The van der Waals surface area contributed by atoms with Gasteiger partial charge in [0.25, 0.3) is 5.91 Å². The molecule has 0 saturated carbocycles. The summed E-state index contributed by atoms with van der Waals surface area (Å²) in [4.78, 5) is 16.0. The molecule has 0 saturated heterocycles. The third-order valence-electron chi connectivity index (χ3n) is 6.54. The molecule has 0 fully saturated rings. The molecule has 0 aromatic heterocycles. The number of anilines is 1. The van der Waals surface area contributed by atoms with Gasteiger partial charge in [-0.25, -0.2) is 5.01 Å². The Balaban J connectivity index is 1.79. The second-order valence-corrected chi connectivity index (χ2v) is 8.89. The van der Waals surface area contributed by atoms with E-state index in [2.05, 4.69) is 0 Å². The molecule has 0 N–H and O–H groups in total. The zero-order valence-electron chi connectivity index (χ0n) is 22.8. The van der Waals surface area contributed by atoms with E-state index in [-0.39, 0.29) is 11.9 Å². The summed E-state index contributed by atoms with van der Waals surface area (Å²) >= 11 is 0. The Morgan fingerprint density at radius 2 is 1.39 bits per heavy atom. The number of methoxy groups -OCH3 is 5. The largest absolute Gasteiger partial charge is 0.493 e. The Kier molecular flexibility index (Phi) is 7.95. The molecule has 1 unspecified atom stereocenters. The molecule has 1 atom stereocenters. The van der Waals surface area contributed by atoms with E-state index in [9.17, 15) is 4.79 Å². The molecule has 0 radical (unpaired) electrons. The van der Waals surface area contributed by atoms with Crippen LogP contribution in [0.4, 0.5) is 5.69 Å². The fourth-order valence-electron chi connectivity index (χ4n) is 4.48. The Bertz CT molecular complexity index is 1310. The summed E-state index contributed by atoms with van der Waals surface area (Å²) in [7, 11) is 11.7. The highest BCUT2D eigenvalue weighted by atomic mass is 16.5. The van der Waals surface area contributed by atoms with Gasteiger partial charge in [-0.05, 0) is 48.0 Å². The summed E-state index contributed by atoms with van der Waals surface area (Å²) < 4.78 is 27.3. The molecule has 4 rings (SSSR count). The van der Waals surface area contributed by atoms with E-state index in [0.717, 1.165) is 22.5 Å². The van der Waals surface area contributed by atoms with Gasteiger partial charge in [0.2, 0.25) is 5.75 Å². The van der Waals surface area contributed by atoms with Gasteiger partial charge in [-0.1, -0.05) is 12.1 Å². The highest BCUT2D eigenvalue weighted by molar-refractivity contribution is 6.05. The number of carbonyl (C=O) groups is 1. The quantitative estimate of drug-likeness (QED) is 0.402. The maximum atomic E-state index is 14.0. The summed E-state index contributed by atoms with van der Waals surface area (Å²) in [6.45, 7) is 0. The van der Waals surface area contributed by atoms with Crippen LogP contribution in [-0.4, -0.2) is 66.3 Å². The van der Waals surface area contributed by atoms with Crippen molar-refractivity contribution in [2.75, 3.05) is 54.5 Å². The maximum absolute atomic E-state index is 14.0. The van der Waals surface area contributed by atoms with Crippen molar-refractivity contribution < 1.29 is 28.5 Å². The topological polar surface area (TPSA) is 82.1 Å². The minimum atomic E-state index is -0.319. The number of amides is 1. The number of hydrogen-bond acceptors (Lipinski definition) is 8. The molecule has 9 nitrogen and oxygen atoms in total. The molecular formula is C29H33N3O6. The second-order valence-electron chi connectivity index (χ2n) is 8.89. The average Bonchev–Trinajstić information content (AvgIpc) is 3.41. The highest BCUT2D eigenvalue weighted by Crippen LogP contribution is 2.41. The van der Waals surface area contributed by atoms with Crippen LogP contribution in [0.3, 0.4) is 0 Å². The van der Waals surface area contributed by atoms with Gasteiger partial charge in [0.05, 0.1) is 47.3 Å². The number of hydrazone groups is 1. The van der Waals surface area contributed by atoms with Crippen molar-refractivity contribution in [2.45, 2.75) is 12.5 Å². The minimum Gasteiger partial charge on any atom is -0.493 e. The normalized spacial score (nSPS) is 14.6. The van der Waals surface area contributed by atoms with Crippen LogP contribution in [0, 0.1) is 0 Å². The second kappa shape index (κ2) is 11.3. The molecule has 0 bridgehead atoms. The summed E-state index contributed by atoms with van der Waals surface area (Å²) in [5.41, 5.74) is 4.00. The summed E-state index contributed by atoms with van der Waals surface area (Å²) in [5, 5.41) is 6.34. The molecule has 200 valence electrons. The van der Waals surface area contributed by atoms with E-state index in [0.29, 0.717) is 40.7 Å². The van der Waals surface area contributed by atoms with Crippen LogP contribution in [-0.2, 0) is 0 Å². The van der Waals surface area contributed by atoms with Crippen LogP contribution < -0.4 is 28.6 Å². The molecular weight excluding hydrogens is 486 g/mol. The van der Waals surface area contributed by atoms with Crippen molar-refractivity contribution in [3.05, 3.63) is 71.3 Å². The molecule has 1 aliphatic rings. The number of rotatable bonds is 9. The zero-order chi connectivity index (χ0) is 27.4. The smallest absolute Gasteiger partial charge is 0.274 e. The molecule has 9 heteroatoms. The number of nitrogens with zero attached hydrogens (tertiary/aromatic N) is 3. The number of carbonyl (C=O) groups excluding carboxylic acids is 1. The van der Waals surface area contributed by atoms with Crippen molar-refractivity contribution in [1.29, 1.82) is 0 Å². The Labute approximate surface area is 223 Å². The van der Waals surface area contributed by atoms with E-state index in [1.807, 2.05) is 61.5 Å².